The molecule has 0 radical (unpaired) electrons. The van der Waals surface area contributed by atoms with Crippen LogP contribution in [0.25, 0.3) is 22.2 Å². The number of hydrogen-bond donors (Lipinski definition) is 0. The Balaban J connectivity index is 1.54. The van der Waals surface area contributed by atoms with Crippen molar-refractivity contribution < 1.29 is 9.15 Å². The summed E-state index contributed by atoms with van der Waals surface area (Å²) in [7, 11) is 3.36. The zero-order valence-corrected chi connectivity index (χ0v) is 15.7. The molecule has 0 unspecified atom stereocenters. The summed E-state index contributed by atoms with van der Waals surface area (Å²) in [5.41, 5.74) is 1.56. The molecule has 0 atom stereocenters. The van der Waals surface area contributed by atoms with Gasteiger partial charge in [-0.05, 0) is 36.4 Å². The van der Waals surface area contributed by atoms with E-state index in [0.29, 0.717) is 33.5 Å². The van der Waals surface area contributed by atoms with Crippen LogP contribution >= 0.6 is 11.8 Å². The molecule has 2 aromatic carbocycles. The predicted octanol–water partition coefficient (Wildman–Crippen LogP) is 3.89. The molecule has 7 heteroatoms. The minimum absolute atomic E-state index is 0.0607. The van der Waals surface area contributed by atoms with E-state index in [2.05, 4.69) is 9.97 Å². The molecular weight excluding hydrogens is 362 g/mol. The lowest BCUT2D eigenvalue weighted by Crippen LogP contribution is -2.19. The van der Waals surface area contributed by atoms with E-state index in [9.17, 15) is 4.79 Å². The molecule has 0 saturated heterocycles. The minimum atomic E-state index is -0.0607. The number of aromatic nitrogens is 3. The maximum absolute atomic E-state index is 12.5. The predicted molar refractivity (Wildman–Crippen MR) is 105 cm³/mol. The van der Waals surface area contributed by atoms with E-state index < -0.39 is 0 Å². The maximum atomic E-state index is 12.5. The molecule has 2 aromatic heterocycles. The molecule has 0 aliphatic rings. The lowest BCUT2D eigenvalue weighted by atomic mass is 10.2. The van der Waals surface area contributed by atoms with E-state index in [-0.39, 0.29) is 5.56 Å². The fourth-order valence-corrected chi connectivity index (χ4v) is 3.54. The van der Waals surface area contributed by atoms with E-state index in [1.54, 1.807) is 31.0 Å². The molecule has 0 fully saturated rings. The summed E-state index contributed by atoms with van der Waals surface area (Å²) in [6, 6.07) is 14.9. The van der Waals surface area contributed by atoms with Crippen molar-refractivity contribution in [2.24, 2.45) is 7.05 Å². The maximum Gasteiger partial charge on any atom is 0.261 e. The van der Waals surface area contributed by atoms with Crippen LogP contribution in [0.4, 0.5) is 0 Å². The molecule has 0 spiro atoms. The molecular formula is C20H17N3O3S. The Morgan fingerprint density at radius 1 is 1.15 bits per heavy atom. The molecule has 0 aliphatic carbocycles. The Kier molecular flexibility index (Phi) is 4.68. The molecule has 6 nitrogen and oxygen atoms in total. The average Bonchev–Trinajstić information content (AvgIpc) is 3.19. The highest BCUT2D eigenvalue weighted by Crippen LogP contribution is 2.26. The largest absolute Gasteiger partial charge is 0.497 e. The molecule has 4 rings (SSSR count). The van der Waals surface area contributed by atoms with Crippen molar-refractivity contribution in [3.05, 3.63) is 71.0 Å². The normalized spacial score (nSPS) is 11.0. The Bertz CT molecular complexity index is 1150. The SMILES string of the molecule is COc1ccc(-c2cnc(CSc3nc4ccccc4c(=O)n3C)o2)cc1. The van der Waals surface area contributed by atoms with Gasteiger partial charge in [-0.25, -0.2) is 9.97 Å². The number of ether oxygens (including phenoxy) is 1. The first-order valence-electron chi connectivity index (χ1n) is 8.33. The van der Waals surface area contributed by atoms with Crippen molar-refractivity contribution in [2.45, 2.75) is 10.9 Å². The van der Waals surface area contributed by atoms with E-state index in [0.717, 1.165) is 11.3 Å². The summed E-state index contributed by atoms with van der Waals surface area (Å²) in [5.74, 6) is 2.54. The van der Waals surface area contributed by atoms with Crippen molar-refractivity contribution in [1.29, 1.82) is 0 Å². The van der Waals surface area contributed by atoms with Gasteiger partial charge in [0.25, 0.3) is 5.56 Å². The molecule has 0 bridgehead atoms. The first-order chi connectivity index (χ1) is 13.2. The highest BCUT2D eigenvalue weighted by Gasteiger charge is 2.11. The minimum Gasteiger partial charge on any atom is -0.497 e. The van der Waals surface area contributed by atoms with Crippen LogP contribution in [0.15, 0.2) is 69.1 Å². The number of methoxy groups -OCH3 is 1. The lowest BCUT2D eigenvalue weighted by molar-refractivity contribution is 0.415. The quantitative estimate of drug-likeness (QED) is 0.387. The third-order valence-corrected chi connectivity index (χ3v) is 5.21. The Morgan fingerprint density at radius 3 is 2.70 bits per heavy atom. The number of para-hydroxylation sites is 1. The second kappa shape index (κ2) is 7.28. The number of benzene rings is 2. The molecule has 4 aromatic rings. The first-order valence-corrected chi connectivity index (χ1v) is 9.32. The summed E-state index contributed by atoms with van der Waals surface area (Å²) in [4.78, 5) is 21.4. The van der Waals surface area contributed by atoms with Gasteiger partial charge in [0, 0.05) is 12.6 Å². The van der Waals surface area contributed by atoms with Crippen LogP contribution in [-0.2, 0) is 12.8 Å². The highest BCUT2D eigenvalue weighted by molar-refractivity contribution is 7.98. The van der Waals surface area contributed by atoms with Crippen LogP contribution in [-0.4, -0.2) is 21.6 Å². The van der Waals surface area contributed by atoms with Gasteiger partial charge in [0.15, 0.2) is 10.9 Å². The van der Waals surface area contributed by atoms with Crippen LogP contribution in [0.3, 0.4) is 0 Å². The Labute approximate surface area is 159 Å². The third kappa shape index (κ3) is 3.46. The fourth-order valence-electron chi connectivity index (χ4n) is 2.72. The zero-order chi connectivity index (χ0) is 18.8. The lowest BCUT2D eigenvalue weighted by Gasteiger charge is -2.07. The molecule has 0 saturated carbocycles. The fraction of sp³-hybridized carbons (Fsp3) is 0.150. The Hall–Kier alpha value is -3.06. The van der Waals surface area contributed by atoms with Crippen molar-refractivity contribution in [3.8, 4) is 17.1 Å². The number of oxazole rings is 1. The summed E-state index contributed by atoms with van der Waals surface area (Å²) in [5, 5.41) is 1.24. The standard InChI is InChI=1S/C20H17N3O3S/c1-23-19(24)15-5-3-4-6-16(15)22-20(23)27-12-18-21-11-17(26-18)13-7-9-14(25-2)10-8-13/h3-11H,12H2,1-2H3. The molecule has 27 heavy (non-hydrogen) atoms. The third-order valence-electron chi connectivity index (χ3n) is 4.19. The summed E-state index contributed by atoms with van der Waals surface area (Å²) in [6.45, 7) is 0. The molecule has 2 heterocycles. The van der Waals surface area contributed by atoms with Crippen molar-refractivity contribution in [3.63, 3.8) is 0 Å². The molecule has 0 amide bonds. The van der Waals surface area contributed by atoms with E-state index in [1.165, 1.54) is 11.8 Å². The van der Waals surface area contributed by atoms with Gasteiger partial charge < -0.3 is 9.15 Å². The number of fused-ring (bicyclic) bond motifs is 1. The van der Waals surface area contributed by atoms with Crippen LogP contribution in [0.2, 0.25) is 0 Å². The van der Waals surface area contributed by atoms with Crippen molar-refractivity contribution in [2.75, 3.05) is 7.11 Å². The van der Waals surface area contributed by atoms with Gasteiger partial charge >= 0.3 is 0 Å². The number of hydrogen-bond acceptors (Lipinski definition) is 6. The van der Waals surface area contributed by atoms with Crippen molar-refractivity contribution in [1.82, 2.24) is 14.5 Å². The highest BCUT2D eigenvalue weighted by atomic mass is 32.2. The van der Waals surface area contributed by atoms with Gasteiger partial charge in [0.05, 0.1) is 30.0 Å². The Morgan fingerprint density at radius 2 is 1.93 bits per heavy atom. The van der Waals surface area contributed by atoms with Gasteiger partial charge in [-0.1, -0.05) is 23.9 Å². The summed E-state index contributed by atoms with van der Waals surface area (Å²) >= 11 is 1.42. The summed E-state index contributed by atoms with van der Waals surface area (Å²) < 4.78 is 12.6. The topological polar surface area (TPSA) is 70.2 Å². The number of rotatable bonds is 5. The first kappa shape index (κ1) is 17.4. The molecule has 0 aliphatic heterocycles. The van der Waals surface area contributed by atoms with Crippen molar-refractivity contribution >= 4 is 22.7 Å². The molecule has 0 N–H and O–H groups in total. The van der Waals surface area contributed by atoms with E-state index in [4.69, 9.17) is 9.15 Å². The smallest absolute Gasteiger partial charge is 0.261 e. The number of nitrogens with zero attached hydrogens (tertiary/aromatic N) is 3. The van der Waals surface area contributed by atoms with Crippen LogP contribution in [0, 0.1) is 0 Å². The van der Waals surface area contributed by atoms with Crippen LogP contribution < -0.4 is 10.3 Å². The second-order valence-corrected chi connectivity index (χ2v) is 6.85. The van der Waals surface area contributed by atoms with Gasteiger partial charge in [-0.3, -0.25) is 9.36 Å². The average molecular weight is 379 g/mol. The second-order valence-electron chi connectivity index (χ2n) is 5.91. The van der Waals surface area contributed by atoms with Gasteiger partial charge in [0.1, 0.15) is 5.75 Å². The zero-order valence-electron chi connectivity index (χ0n) is 14.9. The van der Waals surface area contributed by atoms with E-state index in [1.807, 2.05) is 42.5 Å². The number of thioether (sulfide) groups is 1. The summed E-state index contributed by atoms with van der Waals surface area (Å²) in [6.07, 6.45) is 1.70. The van der Waals surface area contributed by atoms with Gasteiger partial charge in [-0.15, -0.1) is 0 Å². The monoisotopic (exact) mass is 379 g/mol. The van der Waals surface area contributed by atoms with Gasteiger partial charge in [0.2, 0.25) is 5.89 Å². The van der Waals surface area contributed by atoms with Gasteiger partial charge in [-0.2, -0.15) is 0 Å². The van der Waals surface area contributed by atoms with E-state index >= 15 is 0 Å². The molecule has 136 valence electrons. The van der Waals surface area contributed by atoms with Crippen LogP contribution in [0.5, 0.6) is 5.75 Å². The van der Waals surface area contributed by atoms with Crippen LogP contribution in [0.1, 0.15) is 5.89 Å².